The SMILES string of the molecule is CC(C)(C)OC(=O)CCCNC(=O)NCCc1cccc(CCc2csc(CC3CCC3)n2)c1. The van der Waals surface area contributed by atoms with Gasteiger partial charge in [0.15, 0.2) is 0 Å². The largest absolute Gasteiger partial charge is 0.460 e. The zero-order valence-corrected chi connectivity index (χ0v) is 21.6. The van der Waals surface area contributed by atoms with Crippen molar-refractivity contribution in [1.29, 1.82) is 0 Å². The van der Waals surface area contributed by atoms with Crippen LogP contribution in [0, 0.1) is 5.92 Å². The summed E-state index contributed by atoms with van der Waals surface area (Å²) in [5.74, 6) is 0.627. The molecular formula is C27H39N3O3S. The third-order valence-electron chi connectivity index (χ3n) is 5.91. The molecule has 6 nitrogen and oxygen atoms in total. The average Bonchev–Trinajstić information content (AvgIpc) is 3.19. The molecule has 0 aliphatic heterocycles. The van der Waals surface area contributed by atoms with Crippen molar-refractivity contribution < 1.29 is 14.3 Å². The monoisotopic (exact) mass is 485 g/mol. The number of urea groups is 1. The highest BCUT2D eigenvalue weighted by Gasteiger charge is 2.19. The summed E-state index contributed by atoms with van der Waals surface area (Å²) in [6.07, 6.45) is 8.86. The summed E-state index contributed by atoms with van der Waals surface area (Å²) < 4.78 is 5.26. The molecule has 1 fully saturated rings. The Morgan fingerprint density at radius 2 is 1.82 bits per heavy atom. The first-order valence-corrected chi connectivity index (χ1v) is 13.4. The fourth-order valence-electron chi connectivity index (χ4n) is 3.92. The van der Waals surface area contributed by atoms with Crippen molar-refractivity contribution in [2.24, 2.45) is 5.92 Å². The number of carbonyl (C=O) groups excluding carboxylic acids is 2. The van der Waals surface area contributed by atoms with E-state index in [0.29, 0.717) is 25.9 Å². The number of rotatable bonds is 12. The molecule has 2 amide bonds. The maximum atomic E-state index is 12.0. The van der Waals surface area contributed by atoms with Gasteiger partial charge in [-0.05, 0) is 63.5 Å². The van der Waals surface area contributed by atoms with Crippen LogP contribution in [0.1, 0.15) is 74.7 Å². The van der Waals surface area contributed by atoms with Gasteiger partial charge in [-0.1, -0.05) is 43.5 Å². The number of aryl methyl sites for hydroxylation is 2. The fourth-order valence-corrected chi connectivity index (χ4v) is 4.87. The lowest BCUT2D eigenvalue weighted by Crippen LogP contribution is -2.37. The van der Waals surface area contributed by atoms with Crippen LogP contribution in [-0.4, -0.2) is 35.7 Å². The Bertz CT molecular complexity index is 931. The molecule has 0 radical (unpaired) electrons. The van der Waals surface area contributed by atoms with Crippen LogP contribution < -0.4 is 10.6 Å². The predicted octanol–water partition coefficient (Wildman–Crippen LogP) is 5.23. The van der Waals surface area contributed by atoms with Crippen molar-refractivity contribution in [3.05, 3.63) is 51.5 Å². The molecule has 7 heteroatoms. The van der Waals surface area contributed by atoms with Crippen molar-refractivity contribution >= 4 is 23.3 Å². The molecular weight excluding hydrogens is 446 g/mol. The molecule has 3 rings (SSSR count). The Hall–Kier alpha value is -2.41. The average molecular weight is 486 g/mol. The maximum absolute atomic E-state index is 12.0. The molecule has 2 N–H and O–H groups in total. The van der Waals surface area contributed by atoms with Crippen LogP contribution in [0.3, 0.4) is 0 Å². The van der Waals surface area contributed by atoms with Crippen LogP contribution in [-0.2, 0) is 35.2 Å². The number of carbonyl (C=O) groups is 2. The van der Waals surface area contributed by atoms with Crippen molar-refractivity contribution in [3.63, 3.8) is 0 Å². The van der Waals surface area contributed by atoms with Gasteiger partial charge in [-0.3, -0.25) is 4.79 Å². The molecule has 0 bridgehead atoms. The smallest absolute Gasteiger partial charge is 0.314 e. The van der Waals surface area contributed by atoms with Crippen LogP contribution in [0.15, 0.2) is 29.6 Å². The van der Waals surface area contributed by atoms with Crippen LogP contribution >= 0.6 is 11.3 Å². The van der Waals surface area contributed by atoms with E-state index >= 15 is 0 Å². The first-order valence-electron chi connectivity index (χ1n) is 12.5. The van der Waals surface area contributed by atoms with Gasteiger partial charge in [0, 0.05) is 31.3 Å². The molecule has 34 heavy (non-hydrogen) atoms. The third-order valence-corrected chi connectivity index (χ3v) is 6.83. The van der Waals surface area contributed by atoms with Gasteiger partial charge >= 0.3 is 12.0 Å². The summed E-state index contributed by atoms with van der Waals surface area (Å²) in [5, 5.41) is 9.19. The summed E-state index contributed by atoms with van der Waals surface area (Å²) in [7, 11) is 0. The Morgan fingerprint density at radius 1 is 1.09 bits per heavy atom. The lowest BCUT2D eigenvalue weighted by Gasteiger charge is -2.23. The van der Waals surface area contributed by atoms with E-state index < -0.39 is 5.60 Å². The first-order chi connectivity index (χ1) is 16.3. The van der Waals surface area contributed by atoms with E-state index in [1.165, 1.54) is 41.1 Å². The van der Waals surface area contributed by atoms with Gasteiger partial charge in [-0.15, -0.1) is 11.3 Å². The van der Waals surface area contributed by atoms with E-state index in [4.69, 9.17) is 9.72 Å². The van der Waals surface area contributed by atoms with Gasteiger partial charge in [0.25, 0.3) is 0 Å². The second kappa shape index (κ2) is 12.9. The van der Waals surface area contributed by atoms with E-state index in [9.17, 15) is 9.59 Å². The van der Waals surface area contributed by atoms with Gasteiger partial charge in [0.2, 0.25) is 0 Å². The number of nitrogens with one attached hydrogen (secondary N) is 2. The second-order valence-electron chi connectivity index (χ2n) is 10.2. The zero-order chi connectivity index (χ0) is 24.4. The normalized spacial score (nSPS) is 13.9. The molecule has 2 aromatic rings. The number of hydrogen-bond acceptors (Lipinski definition) is 5. The van der Waals surface area contributed by atoms with Crippen LogP contribution in [0.5, 0.6) is 0 Å². The van der Waals surface area contributed by atoms with Gasteiger partial charge < -0.3 is 15.4 Å². The Balaban J connectivity index is 1.29. The number of esters is 1. The summed E-state index contributed by atoms with van der Waals surface area (Å²) >= 11 is 1.81. The van der Waals surface area contributed by atoms with E-state index in [-0.39, 0.29) is 12.0 Å². The van der Waals surface area contributed by atoms with Crippen molar-refractivity contribution in [2.45, 2.75) is 84.2 Å². The molecule has 186 valence electrons. The number of thiazole rings is 1. The summed E-state index contributed by atoms with van der Waals surface area (Å²) in [6, 6.07) is 8.37. The summed E-state index contributed by atoms with van der Waals surface area (Å²) in [4.78, 5) is 28.5. The standard InChI is InChI=1S/C27H39N3O3S/c1-27(2,3)33-25(31)11-6-15-28-26(32)29-16-14-22-10-5-9-21(17-22)12-13-23-19-34-24(30-23)18-20-7-4-8-20/h5,9-10,17,19-20H,4,6-8,11-16,18H2,1-3H3,(H2,28,29,32). The molecule has 1 aliphatic carbocycles. The molecule has 1 saturated carbocycles. The number of benzene rings is 1. The highest BCUT2D eigenvalue weighted by atomic mass is 32.1. The van der Waals surface area contributed by atoms with E-state index in [1.54, 1.807) is 0 Å². The summed E-state index contributed by atoms with van der Waals surface area (Å²) in [5.41, 5.74) is 3.25. The van der Waals surface area contributed by atoms with E-state index in [2.05, 4.69) is 40.3 Å². The predicted molar refractivity (Wildman–Crippen MR) is 137 cm³/mol. The Kier molecular flexibility index (Phi) is 9.93. The molecule has 1 aromatic carbocycles. The number of amides is 2. The number of ether oxygens (including phenoxy) is 1. The molecule has 0 unspecified atom stereocenters. The van der Waals surface area contributed by atoms with Crippen LogP contribution in [0.25, 0.3) is 0 Å². The topological polar surface area (TPSA) is 80.3 Å². The van der Waals surface area contributed by atoms with E-state index in [1.807, 2.05) is 32.1 Å². The van der Waals surface area contributed by atoms with Crippen molar-refractivity contribution in [2.75, 3.05) is 13.1 Å². The molecule has 0 atom stereocenters. The molecule has 1 aliphatic rings. The quantitative estimate of drug-likeness (QED) is 0.318. The minimum Gasteiger partial charge on any atom is -0.460 e. The minimum atomic E-state index is -0.474. The fraction of sp³-hybridized carbons (Fsp3) is 0.593. The van der Waals surface area contributed by atoms with Gasteiger partial charge in [0.1, 0.15) is 5.60 Å². The van der Waals surface area contributed by atoms with Gasteiger partial charge in [0.05, 0.1) is 10.7 Å². The summed E-state index contributed by atoms with van der Waals surface area (Å²) in [6.45, 7) is 6.55. The first kappa shape index (κ1) is 26.2. The second-order valence-corrected chi connectivity index (χ2v) is 11.1. The maximum Gasteiger partial charge on any atom is 0.314 e. The minimum absolute atomic E-state index is 0.207. The molecule has 0 saturated heterocycles. The van der Waals surface area contributed by atoms with Crippen LogP contribution in [0.2, 0.25) is 0 Å². The highest BCUT2D eigenvalue weighted by Crippen LogP contribution is 2.30. The van der Waals surface area contributed by atoms with Crippen molar-refractivity contribution in [3.8, 4) is 0 Å². The van der Waals surface area contributed by atoms with E-state index in [0.717, 1.165) is 31.6 Å². The Morgan fingerprint density at radius 3 is 2.53 bits per heavy atom. The number of hydrogen-bond donors (Lipinski definition) is 2. The van der Waals surface area contributed by atoms with Gasteiger partial charge in [-0.25, -0.2) is 9.78 Å². The highest BCUT2D eigenvalue weighted by molar-refractivity contribution is 7.09. The lowest BCUT2D eigenvalue weighted by atomic mass is 9.83. The van der Waals surface area contributed by atoms with Gasteiger partial charge in [-0.2, -0.15) is 0 Å². The molecule has 1 aromatic heterocycles. The van der Waals surface area contributed by atoms with Crippen molar-refractivity contribution in [1.82, 2.24) is 15.6 Å². The molecule has 1 heterocycles. The third kappa shape index (κ3) is 9.84. The molecule has 0 spiro atoms. The number of aromatic nitrogens is 1. The Labute approximate surface area is 207 Å². The number of nitrogens with zero attached hydrogens (tertiary/aromatic N) is 1. The lowest BCUT2D eigenvalue weighted by molar-refractivity contribution is -0.154. The van der Waals surface area contributed by atoms with Crippen LogP contribution in [0.4, 0.5) is 4.79 Å². The zero-order valence-electron chi connectivity index (χ0n) is 20.8.